The summed E-state index contributed by atoms with van der Waals surface area (Å²) in [7, 11) is 1.58. The standard InChI is InChI=1S/C27H36FNO5/c1-16(2)26-23(11-10-21(32)13-22(33)12-18(4)31)25(19-6-8-20(28)9-7-19)24(15-34-5)27(29-26)17(3)14-30/h6-11,16-17,21-22,30,32-33H,12-15H2,1-5H3/b11-10+. The van der Waals surface area contributed by atoms with Gasteiger partial charge >= 0.3 is 0 Å². The highest BCUT2D eigenvalue weighted by Gasteiger charge is 2.24. The van der Waals surface area contributed by atoms with Gasteiger partial charge in [-0.25, -0.2) is 4.39 Å². The molecule has 7 heteroatoms. The Hall–Kier alpha value is -2.45. The van der Waals surface area contributed by atoms with E-state index in [0.29, 0.717) is 5.69 Å². The van der Waals surface area contributed by atoms with Crippen molar-refractivity contribution in [1.29, 1.82) is 0 Å². The van der Waals surface area contributed by atoms with Crippen molar-refractivity contribution >= 4 is 11.9 Å². The molecule has 0 amide bonds. The van der Waals surface area contributed by atoms with Crippen LogP contribution >= 0.6 is 0 Å². The van der Waals surface area contributed by atoms with E-state index < -0.39 is 12.2 Å². The van der Waals surface area contributed by atoms with Gasteiger partial charge in [-0.05, 0) is 36.1 Å². The Morgan fingerprint density at radius 1 is 1.15 bits per heavy atom. The van der Waals surface area contributed by atoms with Gasteiger partial charge in [-0.15, -0.1) is 0 Å². The molecule has 0 aliphatic rings. The third-order valence-corrected chi connectivity index (χ3v) is 5.63. The highest BCUT2D eigenvalue weighted by molar-refractivity contribution is 5.80. The van der Waals surface area contributed by atoms with E-state index in [4.69, 9.17) is 9.72 Å². The fourth-order valence-corrected chi connectivity index (χ4v) is 4.00. The quantitative estimate of drug-likeness (QED) is 0.424. The normalized spacial score (nSPS) is 14.5. The fraction of sp³-hybridized carbons (Fsp3) is 0.481. The summed E-state index contributed by atoms with van der Waals surface area (Å²) in [5, 5.41) is 30.4. The van der Waals surface area contributed by atoms with Gasteiger partial charge in [0.25, 0.3) is 0 Å². The molecular formula is C27H36FNO5. The molecule has 34 heavy (non-hydrogen) atoms. The fourth-order valence-electron chi connectivity index (χ4n) is 4.00. The van der Waals surface area contributed by atoms with Crippen molar-refractivity contribution in [2.24, 2.45) is 0 Å². The SMILES string of the molecule is COCc1c(C(C)CO)nc(C(C)C)c(/C=C/C(O)CC(O)CC(C)=O)c1-c1ccc(F)cc1. The average molecular weight is 474 g/mol. The average Bonchev–Trinajstić information content (AvgIpc) is 2.77. The van der Waals surface area contributed by atoms with Crippen LogP contribution in [0.15, 0.2) is 30.3 Å². The number of aliphatic hydroxyl groups excluding tert-OH is 3. The van der Waals surface area contributed by atoms with Gasteiger partial charge in [0.1, 0.15) is 11.6 Å². The van der Waals surface area contributed by atoms with Crippen LogP contribution in [0.5, 0.6) is 0 Å². The summed E-state index contributed by atoms with van der Waals surface area (Å²) >= 11 is 0. The maximum absolute atomic E-state index is 13.7. The zero-order valence-corrected chi connectivity index (χ0v) is 20.6. The number of aromatic nitrogens is 1. The molecule has 1 aromatic heterocycles. The third-order valence-electron chi connectivity index (χ3n) is 5.63. The molecular weight excluding hydrogens is 437 g/mol. The van der Waals surface area contributed by atoms with Gasteiger partial charge in [0.05, 0.1) is 36.8 Å². The number of aliphatic hydroxyl groups is 3. The smallest absolute Gasteiger partial charge is 0.132 e. The van der Waals surface area contributed by atoms with Crippen molar-refractivity contribution < 1.29 is 29.2 Å². The molecule has 2 aromatic rings. The second-order valence-corrected chi connectivity index (χ2v) is 9.05. The van der Waals surface area contributed by atoms with Gasteiger partial charge in [-0.1, -0.05) is 45.1 Å². The van der Waals surface area contributed by atoms with E-state index in [2.05, 4.69) is 0 Å². The minimum atomic E-state index is -0.975. The summed E-state index contributed by atoms with van der Waals surface area (Å²) in [6, 6.07) is 6.14. The van der Waals surface area contributed by atoms with Gasteiger partial charge in [-0.3, -0.25) is 9.78 Å². The molecule has 2 rings (SSSR count). The molecule has 0 fully saturated rings. The maximum atomic E-state index is 13.7. The van der Waals surface area contributed by atoms with Crippen LogP contribution in [0.1, 0.15) is 74.9 Å². The zero-order chi connectivity index (χ0) is 25.4. The summed E-state index contributed by atoms with van der Waals surface area (Å²) in [5.74, 6) is -0.731. The van der Waals surface area contributed by atoms with Crippen LogP contribution < -0.4 is 0 Å². The molecule has 0 bridgehead atoms. The first-order valence-corrected chi connectivity index (χ1v) is 11.5. The van der Waals surface area contributed by atoms with Crippen LogP contribution in [0.25, 0.3) is 17.2 Å². The van der Waals surface area contributed by atoms with Crippen LogP contribution in [0.3, 0.4) is 0 Å². The monoisotopic (exact) mass is 473 g/mol. The number of carbonyl (C=O) groups excluding carboxylic acids is 1. The highest BCUT2D eigenvalue weighted by atomic mass is 19.1. The number of Topliss-reactive ketones (excluding diaryl/α,β-unsaturated/α-hetero) is 1. The Labute approximate surface area is 201 Å². The second kappa shape index (κ2) is 12.9. The zero-order valence-electron chi connectivity index (χ0n) is 20.6. The molecule has 0 radical (unpaired) electrons. The van der Waals surface area contributed by atoms with Crippen LogP contribution in [-0.2, 0) is 16.1 Å². The molecule has 1 aromatic carbocycles. The van der Waals surface area contributed by atoms with Crippen molar-refractivity contribution in [3.63, 3.8) is 0 Å². The Morgan fingerprint density at radius 2 is 1.79 bits per heavy atom. The first kappa shape index (κ1) is 27.8. The van der Waals surface area contributed by atoms with Gasteiger partial charge < -0.3 is 20.1 Å². The largest absolute Gasteiger partial charge is 0.396 e. The number of hydrogen-bond donors (Lipinski definition) is 3. The van der Waals surface area contributed by atoms with Crippen molar-refractivity contribution in [2.75, 3.05) is 13.7 Å². The maximum Gasteiger partial charge on any atom is 0.132 e. The Kier molecular flexibility index (Phi) is 10.5. The van der Waals surface area contributed by atoms with Crippen molar-refractivity contribution in [3.8, 4) is 11.1 Å². The molecule has 186 valence electrons. The van der Waals surface area contributed by atoms with E-state index in [1.54, 1.807) is 31.4 Å². The molecule has 0 saturated carbocycles. The molecule has 0 aliphatic carbocycles. The summed E-state index contributed by atoms with van der Waals surface area (Å²) in [6.45, 7) is 7.43. The molecule has 1 heterocycles. The summed E-state index contributed by atoms with van der Waals surface area (Å²) < 4.78 is 19.2. The number of halogens is 1. The first-order valence-electron chi connectivity index (χ1n) is 11.5. The number of ether oxygens (including phenoxy) is 1. The number of benzene rings is 1. The lowest BCUT2D eigenvalue weighted by molar-refractivity contribution is -0.119. The molecule has 0 aliphatic heterocycles. The topological polar surface area (TPSA) is 99.9 Å². The van der Waals surface area contributed by atoms with Gasteiger partial charge in [0.15, 0.2) is 0 Å². The molecule has 3 N–H and O–H groups in total. The van der Waals surface area contributed by atoms with Gasteiger partial charge in [0.2, 0.25) is 0 Å². The lowest BCUT2D eigenvalue weighted by Crippen LogP contribution is -2.18. The number of carbonyl (C=O) groups is 1. The van der Waals surface area contributed by atoms with Crippen LogP contribution in [0.4, 0.5) is 4.39 Å². The summed E-state index contributed by atoms with van der Waals surface area (Å²) in [5.41, 5.74) is 4.57. The van der Waals surface area contributed by atoms with E-state index in [1.165, 1.54) is 19.1 Å². The van der Waals surface area contributed by atoms with E-state index in [1.807, 2.05) is 20.8 Å². The van der Waals surface area contributed by atoms with E-state index >= 15 is 0 Å². The molecule has 6 nitrogen and oxygen atoms in total. The minimum Gasteiger partial charge on any atom is -0.396 e. The van der Waals surface area contributed by atoms with Crippen molar-refractivity contribution in [2.45, 2.75) is 71.2 Å². The number of ketones is 1. The molecule has 0 spiro atoms. The highest BCUT2D eigenvalue weighted by Crippen LogP contribution is 2.38. The van der Waals surface area contributed by atoms with Crippen molar-refractivity contribution in [1.82, 2.24) is 4.98 Å². The van der Waals surface area contributed by atoms with Crippen LogP contribution in [0, 0.1) is 5.82 Å². The Bertz CT molecular complexity index is 988. The minimum absolute atomic E-state index is 0.0144. The Balaban J connectivity index is 2.72. The molecule has 3 unspecified atom stereocenters. The lowest BCUT2D eigenvalue weighted by Gasteiger charge is -2.24. The van der Waals surface area contributed by atoms with Gasteiger partial charge in [-0.2, -0.15) is 0 Å². The van der Waals surface area contributed by atoms with Gasteiger partial charge in [0, 0.05) is 37.0 Å². The van der Waals surface area contributed by atoms with Crippen LogP contribution in [0.2, 0.25) is 0 Å². The predicted molar refractivity (Wildman–Crippen MR) is 131 cm³/mol. The van der Waals surface area contributed by atoms with Crippen LogP contribution in [-0.4, -0.2) is 52.0 Å². The van der Waals surface area contributed by atoms with E-state index in [-0.39, 0.29) is 49.5 Å². The first-order chi connectivity index (χ1) is 16.1. The van der Waals surface area contributed by atoms with E-state index in [9.17, 15) is 24.5 Å². The third kappa shape index (κ3) is 7.27. The van der Waals surface area contributed by atoms with E-state index in [0.717, 1.165) is 27.9 Å². The number of pyridine rings is 1. The number of hydrogen-bond acceptors (Lipinski definition) is 6. The number of rotatable bonds is 12. The predicted octanol–water partition coefficient (Wildman–Crippen LogP) is 4.36. The van der Waals surface area contributed by atoms with Crippen molar-refractivity contribution in [3.05, 3.63) is 58.7 Å². The molecule has 0 saturated heterocycles. The summed E-state index contributed by atoms with van der Waals surface area (Å²) in [6.07, 6.45) is 1.43. The summed E-state index contributed by atoms with van der Waals surface area (Å²) in [4.78, 5) is 16.1. The second-order valence-electron chi connectivity index (χ2n) is 9.05. The molecule has 3 atom stereocenters. The number of nitrogens with zero attached hydrogens (tertiary/aromatic N) is 1. The Morgan fingerprint density at radius 3 is 2.32 bits per heavy atom. The lowest BCUT2D eigenvalue weighted by atomic mass is 9.86. The number of methoxy groups -OCH3 is 1.